The first-order chi connectivity index (χ1) is 9.72. The predicted octanol–water partition coefficient (Wildman–Crippen LogP) is 2.88. The largest absolute Gasteiger partial charge is 0.509 e. The van der Waals surface area contributed by atoms with Gasteiger partial charge in [-0.05, 0) is 29.5 Å². The average molecular weight is 288 g/mol. The minimum atomic E-state index is -0.591. The Labute approximate surface area is 120 Å². The van der Waals surface area contributed by atoms with Crippen molar-refractivity contribution in [2.75, 3.05) is 6.26 Å². The quantitative estimate of drug-likeness (QED) is 0.362. The van der Waals surface area contributed by atoms with Crippen LogP contribution in [0.5, 0.6) is 0 Å². The van der Waals surface area contributed by atoms with E-state index >= 15 is 0 Å². The number of aldehydes is 1. The van der Waals surface area contributed by atoms with Crippen molar-refractivity contribution >= 4 is 24.2 Å². The molecule has 1 aromatic carbocycles. The normalized spacial score (nSPS) is 32.4. The Morgan fingerprint density at radius 2 is 1.70 bits per heavy atom. The van der Waals surface area contributed by atoms with E-state index in [9.17, 15) is 9.59 Å². The minimum absolute atomic E-state index is 0.0129. The number of hydrogen-bond acceptors (Lipinski definition) is 5. The third-order valence-electron chi connectivity index (χ3n) is 4.30. The summed E-state index contributed by atoms with van der Waals surface area (Å²) < 4.78 is 10.6. The third-order valence-corrected chi connectivity index (χ3v) is 5.10. The van der Waals surface area contributed by atoms with Gasteiger partial charge in [0.05, 0.1) is 0 Å². The molecule has 0 radical (unpaired) electrons. The fraction of sp³-hybridized carbons (Fsp3) is 0.333. The van der Waals surface area contributed by atoms with Gasteiger partial charge in [0, 0.05) is 22.3 Å². The van der Waals surface area contributed by atoms with Gasteiger partial charge in [-0.2, -0.15) is 0 Å². The highest BCUT2D eigenvalue weighted by Crippen LogP contribution is 2.51. The van der Waals surface area contributed by atoms with Crippen LogP contribution in [-0.2, 0) is 9.47 Å². The summed E-state index contributed by atoms with van der Waals surface area (Å²) in [5.74, 6) is 0.0131. The summed E-state index contributed by atoms with van der Waals surface area (Å²) in [6.45, 7) is 0. The Balaban J connectivity index is 1.89. The summed E-state index contributed by atoms with van der Waals surface area (Å²) in [5, 5.41) is 0. The molecular weight excluding hydrogens is 276 g/mol. The van der Waals surface area contributed by atoms with Crippen molar-refractivity contribution in [3.05, 3.63) is 41.0 Å². The zero-order valence-corrected chi connectivity index (χ0v) is 11.6. The summed E-state index contributed by atoms with van der Waals surface area (Å²) in [6, 6.07) is 3.98. The van der Waals surface area contributed by atoms with Crippen molar-refractivity contribution in [1.82, 2.24) is 0 Å². The molecule has 0 saturated carbocycles. The fourth-order valence-electron chi connectivity index (χ4n) is 3.44. The molecule has 102 valence electrons. The Morgan fingerprint density at radius 1 is 1.10 bits per heavy atom. The van der Waals surface area contributed by atoms with Crippen LogP contribution < -0.4 is 0 Å². The van der Waals surface area contributed by atoms with E-state index in [0.717, 1.165) is 22.3 Å². The molecule has 20 heavy (non-hydrogen) atoms. The highest BCUT2D eigenvalue weighted by Gasteiger charge is 2.52. The maximum Gasteiger partial charge on any atom is 0.509 e. The van der Waals surface area contributed by atoms with Crippen LogP contribution in [0.25, 0.3) is 0 Å². The average Bonchev–Trinajstić information content (AvgIpc) is 2.88. The van der Waals surface area contributed by atoms with Gasteiger partial charge in [0.25, 0.3) is 0 Å². The van der Waals surface area contributed by atoms with Crippen molar-refractivity contribution in [2.24, 2.45) is 0 Å². The first-order valence-corrected chi connectivity index (χ1v) is 7.68. The van der Waals surface area contributed by atoms with E-state index in [1.54, 1.807) is 11.8 Å². The lowest BCUT2D eigenvalue weighted by Gasteiger charge is -2.39. The van der Waals surface area contributed by atoms with Crippen LogP contribution in [0.3, 0.4) is 0 Å². The van der Waals surface area contributed by atoms with E-state index in [1.807, 2.05) is 18.4 Å². The van der Waals surface area contributed by atoms with Gasteiger partial charge in [-0.1, -0.05) is 12.2 Å². The molecule has 0 aromatic heterocycles. The molecule has 4 atom stereocenters. The topological polar surface area (TPSA) is 52.6 Å². The summed E-state index contributed by atoms with van der Waals surface area (Å²) in [5.41, 5.74) is 2.92. The Morgan fingerprint density at radius 3 is 2.25 bits per heavy atom. The lowest BCUT2D eigenvalue weighted by atomic mass is 9.68. The number of benzene rings is 1. The third kappa shape index (κ3) is 1.44. The van der Waals surface area contributed by atoms with Crippen LogP contribution in [-0.4, -0.2) is 30.9 Å². The van der Waals surface area contributed by atoms with E-state index in [0.29, 0.717) is 5.56 Å². The molecule has 1 aliphatic heterocycles. The summed E-state index contributed by atoms with van der Waals surface area (Å²) in [4.78, 5) is 23.6. The van der Waals surface area contributed by atoms with Gasteiger partial charge in [0.15, 0.2) is 18.5 Å². The molecule has 0 N–H and O–H groups in total. The minimum Gasteiger partial charge on any atom is -0.426 e. The number of hydrogen-bond donors (Lipinski definition) is 0. The zero-order chi connectivity index (χ0) is 13.9. The number of ether oxygens (including phenoxy) is 2. The standard InChI is InChI=1S/C15H12O4S/c1-20-12-5-11-9-3-2-8(10(11)4-7(12)6-16)13-14(9)19-15(17)18-13/h2-6,8-9,13-14H,1H3. The van der Waals surface area contributed by atoms with E-state index in [1.165, 1.54) is 0 Å². The Kier molecular flexibility index (Phi) is 2.48. The van der Waals surface area contributed by atoms with E-state index in [-0.39, 0.29) is 24.0 Å². The molecule has 4 aliphatic rings. The molecule has 3 aliphatic carbocycles. The number of thioether (sulfide) groups is 1. The highest BCUT2D eigenvalue weighted by atomic mass is 32.2. The molecule has 0 amide bonds. The van der Waals surface area contributed by atoms with Gasteiger partial charge >= 0.3 is 6.16 Å². The molecule has 5 heteroatoms. The van der Waals surface area contributed by atoms with Crippen LogP contribution in [0.4, 0.5) is 4.79 Å². The second kappa shape index (κ2) is 4.12. The fourth-order valence-corrected chi connectivity index (χ4v) is 4.02. The lowest BCUT2D eigenvalue weighted by molar-refractivity contribution is 0.109. The van der Waals surface area contributed by atoms with Crippen LogP contribution in [0, 0.1) is 0 Å². The first kappa shape index (κ1) is 12.0. The van der Waals surface area contributed by atoms with Crippen molar-refractivity contribution < 1.29 is 19.1 Å². The first-order valence-electron chi connectivity index (χ1n) is 6.45. The molecular formula is C15H12O4S. The maximum absolute atomic E-state index is 11.4. The van der Waals surface area contributed by atoms with Crippen molar-refractivity contribution in [3.63, 3.8) is 0 Å². The second-order valence-electron chi connectivity index (χ2n) is 5.19. The highest BCUT2D eigenvalue weighted by molar-refractivity contribution is 7.98. The number of rotatable bonds is 2. The molecule has 4 nitrogen and oxygen atoms in total. The molecule has 2 bridgehead atoms. The monoisotopic (exact) mass is 288 g/mol. The Bertz CT molecular complexity index is 652. The van der Waals surface area contributed by atoms with Gasteiger partial charge in [-0.15, -0.1) is 11.8 Å². The summed E-state index contributed by atoms with van der Waals surface area (Å²) >= 11 is 1.55. The number of carbonyl (C=O) groups excluding carboxylic acids is 2. The van der Waals surface area contributed by atoms with Crippen LogP contribution in [0.15, 0.2) is 29.2 Å². The van der Waals surface area contributed by atoms with Crippen molar-refractivity contribution in [2.45, 2.75) is 28.9 Å². The van der Waals surface area contributed by atoms with Crippen LogP contribution in [0.2, 0.25) is 0 Å². The SMILES string of the molecule is CSc1cc2c(cc1C=O)C1C=CC2C2OC(=O)OC12. The van der Waals surface area contributed by atoms with E-state index < -0.39 is 6.16 Å². The van der Waals surface area contributed by atoms with E-state index in [4.69, 9.17) is 9.47 Å². The smallest absolute Gasteiger partial charge is 0.426 e. The van der Waals surface area contributed by atoms with Gasteiger partial charge in [-0.25, -0.2) is 4.79 Å². The van der Waals surface area contributed by atoms with Gasteiger partial charge in [-0.3, -0.25) is 4.79 Å². The number of carbonyl (C=O) groups is 2. The molecule has 1 heterocycles. The lowest BCUT2D eigenvalue weighted by Crippen LogP contribution is -2.41. The molecule has 1 saturated heterocycles. The van der Waals surface area contributed by atoms with Crippen LogP contribution in [0.1, 0.15) is 33.3 Å². The Hall–Kier alpha value is -1.75. The van der Waals surface area contributed by atoms with Crippen molar-refractivity contribution in [1.29, 1.82) is 0 Å². The molecule has 0 spiro atoms. The summed E-state index contributed by atoms with van der Waals surface area (Å²) in [7, 11) is 0. The van der Waals surface area contributed by atoms with Gasteiger partial charge < -0.3 is 9.47 Å². The van der Waals surface area contributed by atoms with Gasteiger partial charge in [0.2, 0.25) is 0 Å². The van der Waals surface area contributed by atoms with E-state index in [2.05, 4.69) is 12.2 Å². The maximum atomic E-state index is 11.4. The molecule has 5 rings (SSSR count). The van der Waals surface area contributed by atoms with Crippen molar-refractivity contribution in [3.8, 4) is 0 Å². The summed E-state index contributed by atoms with van der Waals surface area (Å²) in [6.07, 6.45) is 5.89. The second-order valence-corrected chi connectivity index (χ2v) is 6.04. The zero-order valence-electron chi connectivity index (χ0n) is 10.7. The molecule has 4 unspecified atom stereocenters. The van der Waals surface area contributed by atoms with Crippen LogP contribution >= 0.6 is 11.8 Å². The predicted molar refractivity (Wildman–Crippen MR) is 73.4 cm³/mol. The molecule has 1 fully saturated rings. The van der Waals surface area contributed by atoms with Gasteiger partial charge in [0.1, 0.15) is 0 Å². The molecule has 1 aromatic rings.